The Hall–Kier alpha value is -1.83. The first-order valence-corrected chi connectivity index (χ1v) is 8.67. The molecule has 2 saturated heterocycles. The van der Waals surface area contributed by atoms with E-state index in [-0.39, 0.29) is 24.2 Å². The van der Waals surface area contributed by atoms with E-state index in [1.807, 2.05) is 6.07 Å². The normalized spacial score (nSPS) is 19.0. The molecule has 0 saturated carbocycles. The van der Waals surface area contributed by atoms with Crippen molar-refractivity contribution in [2.45, 2.75) is 25.7 Å². The van der Waals surface area contributed by atoms with Gasteiger partial charge >= 0.3 is 0 Å². The van der Waals surface area contributed by atoms with Crippen molar-refractivity contribution in [3.63, 3.8) is 0 Å². The van der Waals surface area contributed by atoms with Crippen molar-refractivity contribution in [2.24, 2.45) is 11.1 Å². The molecule has 1 aromatic rings. The van der Waals surface area contributed by atoms with Crippen LogP contribution in [0.15, 0.2) is 18.2 Å². The lowest BCUT2D eigenvalue weighted by Gasteiger charge is -2.34. The second kappa shape index (κ2) is 8.70. The smallest absolute Gasteiger partial charge is 0.232 e. The number of anilines is 2. The number of carbonyl (C=O) groups is 2. The highest BCUT2D eigenvalue weighted by Crippen LogP contribution is 2.35. The third kappa shape index (κ3) is 3.95. The number of halogens is 1. The van der Waals surface area contributed by atoms with Gasteiger partial charge in [-0.15, -0.1) is 12.4 Å². The fourth-order valence-electron chi connectivity index (χ4n) is 3.43. The number of nitrogens with one attached hydrogen (secondary N) is 1. The van der Waals surface area contributed by atoms with Crippen LogP contribution in [-0.2, 0) is 14.3 Å². The lowest BCUT2D eigenvalue weighted by molar-refractivity contribution is -0.130. The summed E-state index contributed by atoms with van der Waals surface area (Å²) in [5.41, 5.74) is 6.67. The van der Waals surface area contributed by atoms with Gasteiger partial charge in [0.2, 0.25) is 11.8 Å². The van der Waals surface area contributed by atoms with Gasteiger partial charge < -0.3 is 25.4 Å². The number of ether oxygens (including phenoxy) is 2. The predicted octanol–water partition coefficient (Wildman–Crippen LogP) is 1.94. The number of nitrogens with zero attached hydrogens (tertiary/aromatic N) is 1. The molecule has 2 fully saturated rings. The SMILES string of the molecule is COc1cc(NC(=O)C2(CN)CCOCC2)ccc1N1CCCC1=O.Cl. The van der Waals surface area contributed by atoms with Gasteiger partial charge in [-0.3, -0.25) is 9.59 Å². The van der Waals surface area contributed by atoms with Crippen LogP contribution in [-0.4, -0.2) is 45.2 Å². The summed E-state index contributed by atoms with van der Waals surface area (Å²) in [5.74, 6) is 0.576. The van der Waals surface area contributed by atoms with Gasteiger partial charge in [-0.1, -0.05) is 0 Å². The minimum absolute atomic E-state index is 0. The molecule has 26 heavy (non-hydrogen) atoms. The van der Waals surface area contributed by atoms with Crippen LogP contribution in [0.4, 0.5) is 11.4 Å². The summed E-state index contributed by atoms with van der Waals surface area (Å²) < 4.78 is 10.8. The standard InChI is InChI=1S/C18H25N3O4.ClH/c1-24-15-11-13(4-5-14(15)21-8-2-3-16(21)22)20-17(23)18(12-19)6-9-25-10-7-18;/h4-5,11H,2-3,6-10,12,19H2,1H3,(H,20,23);1H. The van der Waals surface area contributed by atoms with E-state index in [1.165, 1.54) is 0 Å². The van der Waals surface area contributed by atoms with Crippen molar-refractivity contribution < 1.29 is 19.1 Å². The Morgan fingerprint density at radius 1 is 1.38 bits per heavy atom. The molecule has 2 aliphatic rings. The van der Waals surface area contributed by atoms with Crippen LogP contribution in [0.1, 0.15) is 25.7 Å². The molecule has 2 aliphatic heterocycles. The topological polar surface area (TPSA) is 93.9 Å². The largest absolute Gasteiger partial charge is 0.494 e. The molecular formula is C18H26ClN3O4. The molecule has 2 amide bonds. The average Bonchev–Trinajstić information content (AvgIpc) is 3.07. The first kappa shape index (κ1) is 20.5. The molecule has 3 N–H and O–H groups in total. The second-order valence-corrected chi connectivity index (χ2v) is 6.59. The molecule has 0 bridgehead atoms. The molecule has 0 unspecified atom stereocenters. The van der Waals surface area contributed by atoms with E-state index in [9.17, 15) is 9.59 Å². The van der Waals surface area contributed by atoms with Crippen LogP contribution in [0.25, 0.3) is 0 Å². The summed E-state index contributed by atoms with van der Waals surface area (Å²) in [7, 11) is 1.56. The molecule has 0 aromatic heterocycles. The third-order valence-electron chi connectivity index (χ3n) is 5.12. The van der Waals surface area contributed by atoms with Crippen molar-refractivity contribution in [3.05, 3.63) is 18.2 Å². The van der Waals surface area contributed by atoms with Gasteiger partial charge in [0.15, 0.2) is 0 Å². The molecule has 0 aliphatic carbocycles. The first-order chi connectivity index (χ1) is 12.1. The summed E-state index contributed by atoms with van der Waals surface area (Å²) in [6.07, 6.45) is 2.64. The molecule has 1 aromatic carbocycles. The van der Waals surface area contributed by atoms with Crippen molar-refractivity contribution in [2.75, 3.05) is 43.6 Å². The number of benzene rings is 1. The fraction of sp³-hybridized carbons (Fsp3) is 0.556. The lowest BCUT2D eigenvalue weighted by Crippen LogP contribution is -2.46. The van der Waals surface area contributed by atoms with Gasteiger partial charge in [-0.25, -0.2) is 0 Å². The van der Waals surface area contributed by atoms with Crippen LogP contribution in [0, 0.1) is 5.41 Å². The van der Waals surface area contributed by atoms with Crippen molar-refractivity contribution >= 4 is 35.6 Å². The summed E-state index contributed by atoms with van der Waals surface area (Å²) in [6.45, 7) is 2.07. The Balaban J connectivity index is 0.00000243. The van der Waals surface area contributed by atoms with Gasteiger partial charge in [0.25, 0.3) is 0 Å². The quantitative estimate of drug-likeness (QED) is 0.810. The highest BCUT2D eigenvalue weighted by atomic mass is 35.5. The summed E-state index contributed by atoms with van der Waals surface area (Å²) in [5, 5.41) is 2.95. The van der Waals surface area contributed by atoms with E-state index in [4.69, 9.17) is 15.2 Å². The molecule has 0 atom stereocenters. The highest BCUT2D eigenvalue weighted by molar-refractivity contribution is 5.99. The highest BCUT2D eigenvalue weighted by Gasteiger charge is 2.39. The minimum atomic E-state index is -0.588. The van der Waals surface area contributed by atoms with Crippen LogP contribution in [0.2, 0.25) is 0 Å². The Morgan fingerprint density at radius 2 is 2.12 bits per heavy atom. The van der Waals surface area contributed by atoms with Gasteiger partial charge in [-0.2, -0.15) is 0 Å². The molecule has 3 rings (SSSR count). The van der Waals surface area contributed by atoms with Crippen molar-refractivity contribution in [1.29, 1.82) is 0 Å². The number of amides is 2. The number of hydrogen-bond acceptors (Lipinski definition) is 5. The van der Waals surface area contributed by atoms with Crippen LogP contribution in [0.3, 0.4) is 0 Å². The van der Waals surface area contributed by atoms with E-state index in [2.05, 4.69) is 5.32 Å². The maximum absolute atomic E-state index is 12.8. The maximum Gasteiger partial charge on any atom is 0.232 e. The first-order valence-electron chi connectivity index (χ1n) is 8.67. The zero-order chi connectivity index (χ0) is 17.9. The zero-order valence-corrected chi connectivity index (χ0v) is 15.8. The molecule has 0 radical (unpaired) electrons. The van der Waals surface area contributed by atoms with Gasteiger partial charge in [0.1, 0.15) is 5.75 Å². The molecule has 144 valence electrons. The van der Waals surface area contributed by atoms with E-state index in [0.29, 0.717) is 57.0 Å². The van der Waals surface area contributed by atoms with Crippen LogP contribution < -0.4 is 20.7 Å². The monoisotopic (exact) mass is 383 g/mol. The Labute approximate surface area is 159 Å². The lowest BCUT2D eigenvalue weighted by atomic mass is 9.79. The summed E-state index contributed by atoms with van der Waals surface area (Å²) >= 11 is 0. The Bertz CT molecular complexity index is 662. The molecule has 2 heterocycles. The molecule has 8 heteroatoms. The third-order valence-corrected chi connectivity index (χ3v) is 5.12. The van der Waals surface area contributed by atoms with E-state index >= 15 is 0 Å². The zero-order valence-electron chi connectivity index (χ0n) is 15.0. The number of methoxy groups -OCH3 is 1. The van der Waals surface area contributed by atoms with Crippen molar-refractivity contribution in [3.8, 4) is 5.75 Å². The van der Waals surface area contributed by atoms with Gasteiger partial charge in [-0.05, 0) is 31.4 Å². The number of nitrogens with two attached hydrogens (primary N) is 1. The molecule has 0 spiro atoms. The Kier molecular flexibility index (Phi) is 6.86. The van der Waals surface area contributed by atoms with E-state index < -0.39 is 5.41 Å². The van der Waals surface area contributed by atoms with E-state index in [1.54, 1.807) is 24.1 Å². The maximum atomic E-state index is 12.8. The van der Waals surface area contributed by atoms with Crippen LogP contribution in [0.5, 0.6) is 5.75 Å². The fourth-order valence-corrected chi connectivity index (χ4v) is 3.43. The number of carbonyl (C=O) groups excluding carboxylic acids is 2. The number of hydrogen-bond donors (Lipinski definition) is 2. The van der Waals surface area contributed by atoms with Gasteiger partial charge in [0.05, 0.1) is 18.2 Å². The summed E-state index contributed by atoms with van der Waals surface area (Å²) in [4.78, 5) is 26.5. The predicted molar refractivity (Wildman–Crippen MR) is 102 cm³/mol. The minimum Gasteiger partial charge on any atom is -0.494 e. The Morgan fingerprint density at radius 3 is 2.69 bits per heavy atom. The molecular weight excluding hydrogens is 358 g/mol. The number of rotatable bonds is 5. The van der Waals surface area contributed by atoms with Crippen LogP contribution >= 0.6 is 12.4 Å². The average molecular weight is 384 g/mol. The second-order valence-electron chi connectivity index (χ2n) is 6.59. The molecule has 7 nitrogen and oxygen atoms in total. The van der Waals surface area contributed by atoms with E-state index in [0.717, 1.165) is 12.1 Å². The summed E-state index contributed by atoms with van der Waals surface area (Å²) in [6, 6.07) is 5.37. The van der Waals surface area contributed by atoms with Gasteiger partial charge in [0, 0.05) is 44.5 Å². The van der Waals surface area contributed by atoms with Crippen molar-refractivity contribution in [1.82, 2.24) is 0 Å².